The number of piperidine rings is 1. The number of likely N-dealkylation sites (tertiary alicyclic amines) is 1. The molecule has 0 saturated carbocycles. The van der Waals surface area contributed by atoms with E-state index in [1.807, 2.05) is 11.9 Å². The minimum absolute atomic E-state index is 0.0169. The second-order valence-corrected chi connectivity index (χ2v) is 8.62. The maximum atomic E-state index is 13.6. The SMILES string of the molecule is Cc1cnc(NC(=O)OC2CN(C)C2)cc1-c1cc(N2CCCC[C@@H]2C(F)(F)F)[nH]c(=O)c1. The molecule has 0 bridgehead atoms. The lowest BCUT2D eigenvalue weighted by atomic mass is 10.00. The Morgan fingerprint density at radius 3 is 2.70 bits per heavy atom. The van der Waals surface area contributed by atoms with Crippen molar-refractivity contribution in [3.8, 4) is 11.1 Å². The maximum absolute atomic E-state index is 13.6. The molecule has 0 unspecified atom stereocenters. The highest BCUT2D eigenvalue weighted by Gasteiger charge is 2.45. The van der Waals surface area contributed by atoms with Crippen LogP contribution in [0.25, 0.3) is 11.1 Å². The number of aromatic amines is 1. The fraction of sp³-hybridized carbons (Fsp3) is 0.500. The molecule has 1 atom stereocenters. The first-order valence-corrected chi connectivity index (χ1v) is 10.8. The third-order valence-electron chi connectivity index (χ3n) is 5.97. The number of anilines is 2. The zero-order valence-electron chi connectivity index (χ0n) is 18.4. The Morgan fingerprint density at radius 1 is 1.24 bits per heavy atom. The molecular formula is C22H26F3N5O3. The highest BCUT2D eigenvalue weighted by atomic mass is 19.4. The van der Waals surface area contributed by atoms with E-state index in [1.165, 1.54) is 17.2 Å². The van der Waals surface area contributed by atoms with E-state index in [1.54, 1.807) is 19.1 Å². The van der Waals surface area contributed by atoms with Crippen LogP contribution in [0.5, 0.6) is 0 Å². The molecule has 4 heterocycles. The van der Waals surface area contributed by atoms with Crippen LogP contribution < -0.4 is 15.8 Å². The normalized spacial score (nSPS) is 19.8. The summed E-state index contributed by atoms with van der Waals surface area (Å²) in [5, 5.41) is 2.58. The molecule has 0 spiro atoms. The van der Waals surface area contributed by atoms with Gasteiger partial charge in [-0.1, -0.05) is 0 Å². The fourth-order valence-corrected chi connectivity index (χ4v) is 4.30. The van der Waals surface area contributed by atoms with Gasteiger partial charge in [0.2, 0.25) is 5.56 Å². The van der Waals surface area contributed by atoms with E-state index in [9.17, 15) is 22.8 Å². The lowest BCUT2D eigenvalue weighted by molar-refractivity contribution is -0.152. The number of halogens is 3. The van der Waals surface area contributed by atoms with Gasteiger partial charge in [-0.25, -0.2) is 9.78 Å². The molecule has 178 valence electrons. The van der Waals surface area contributed by atoms with E-state index in [0.717, 1.165) is 0 Å². The number of carbonyl (C=O) groups excluding carboxylic acids is 1. The predicted octanol–water partition coefficient (Wildman–Crippen LogP) is 3.53. The van der Waals surface area contributed by atoms with Gasteiger partial charge in [0.1, 0.15) is 23.8 Å². The van der Waals surface area contributed by atoms with E-state index in [-0.39, 0.29) is 30.7 Å². The number of alkyl halides is 3. The molecule has 1 amide bonds. The van der Waals surface area contributed by atoms with Crippen molar-refractivity contribution in [1.82, 2.24) is 14.9 Å². The molecule has 2 saturated heterocycles. The van der Waals surface area contributed by atoms with Crippen molar-refractivity contribution in [3.63, 3.8) is 0 Å². The van der Waals surface area contributed by atoms with Crippen LogP contribution in [0.4, 0.5) is 29.6 Å². The second-order valence-electron chi connectivity index (χ2n) is 8.62. The molecule has 2 aromatic rings. The van der Waals surface area contributed by atoms with Gasteiger partial charge in [-0.2, -0.15) is 13.2 Å². The summed E-state index contributed by atoms with van der Waals surface area (Å²) in [6.07, 6.45) is -2.60. The van der Waals surface area contributed by atoms with Crippen LogP contribution in [0.3, 0.4) is 0 Å². The van der Waals surface area contributed by atoms with Gasteiger partial charge < -0.3 is 14.6 Å². The average molecular weight is 465 g/mol. The van der Waals surface area contributed by atoms with Gasteiger partial charge >= 0.3 is 12.3 Å². The van der Waals surface area contributed by atoms with Gasteiger partial charge in [0.05, 0.1) is 0 Å². The Hall–Kier alpha value is -3.08. The zero-order valence-corrected chi connectivity index (χ0v) is 18.4. The van der Waals surface area contributed by atoms with Crippen LogP contribution in [0.1, 0.15) is 24.8 Å². The lowest BCUT2D eigenvalue weighted by Gasteiger charge is -2.38. The van der Waals surface area contributed by atoms with E-state index >= 15 is 0 Å². The van der Waals surface area contributed by atoms with Crippen molar-refractivity contribution in [1.29, 1.82) is 0 Å². The number of aryl methyl sites for hydroxylation is 1. The topological polar surface area (TPSA) is 90.6 Å². The Balaban J connectivity index is 1.60. The third kappa shape index (κ3) is 5.29. The van der Waals surface area contributed by atoms with Gasteiger partial charge in [-0.15, -0.1) is 0 Å². The zero-order chi connectivity index (χ0) is 23.8. The van der Waals surface area contributed by atoms with Gasteiger partial charge in [0.15, 0.2) is 0 Å². The van der Waals surface area contributed by atoms with E-state index in [4.69, 9.17) is 4.74 Å². The van der Waals surface area contributed by atoms with Crippen LogP contribution in [0.15, 0.2) is 29.2 Å². The molecule has 0 radical (unpaired) electrons. The minimum Gasteiger partial charge on any atom is -0.443 e. The molecular weight excluding hydrogens is 439 g/mol. The summed E-state index contributed by atoms with van der Waals surface area (Å²) in [5.41, 5.74) is 1.22. The molecule has 0 aromatic carbocycles. The number of hydrogen-bond acceptors (Lipinski definition) is 6. The fourth-order valence-electron chi connectivity index (χ4n) is 4.30. The van der Waals surface area contributed by atoms with Crippen molar-refractivity contribution in [2.24, 2.45) is 0 Å². The number of likely N-dealkylation sites (N-methyl/N-ethyl adjacent to an activating group) is 1. The predicted molar refractivity (Wildman–Crippen MR) is 117 cm³/mol. The molecule has 0 aliphatic carbocycles. The van der Waals surface area contributed by atoms with Crippen LogP contribution in [0, 0.1) is 6.92 Å². The second kappa shape index (κ2) is 9.05. The van der Waals surface area contributed by atoms with E-state index in [2.05, 4.69) is 15.3 Å². The molecule has 2 aliphatic heterocycles. The van der Waals surface area contributed by atoms with Gasteiger partial charge in [-0.3, -0.25) is 15.0 Å². The summed E-state index contributed by atoms with van der Waals surface area (Å²) in [5.74, 6) is 0.347. The Kier molecular flexibility index (Phi) is 6.33. The molecule has 2 aromatic heterocycles. The first-order valence-electron chi connectivity index (χ1n) is 10.8. The molecule has 2 N–H and O–H groups in total. The van der Waals surface area contributed by atoms with Crippen molar-refractivity contribution < 1.29 is 22.7 Å². The smallest absolute Gasteiger partial charge is 0.413 e. The molecule has 11 heteroatoms. The summed E-state index contributed by atoms with van der Waals surface area (Å²) in [4.78, 5) is 34.5. The number of hydrogen-bond donors (Lipinski definition) is 2. The van der Waals surface area contributed by atoms with E-state index in [0.29, 0.717) is 42.6 Å². The molecule has 4 rings (SSSR count). The number of pyridine rings is 2. The number of carbonyl (C=O) groups is 1. The summed E-state index contributed by atoms with van der Waals surface area (Å²) in [6, 6.07) is 2.80. The molecule has 33 heavy (non-hydrogen) atoms. The van der Waals surface area contributed by atoms with Crippen molar-refractivity contribution in [3.05, 3.63) is 40.3 Å². The number of H-pyrrole nitrogens is 1. The number of aromatic nitrogens is 2. The summed E-state index contributed by atoms with van der Waals surface area (Å²) in [7, 11) is 1.92. The molecule has 2 aliphatic rings. The summed E-state index contributed by atoms with van der Waals surface area (Å²) >= 11 is 0. The minimum atomic E-state index is -4.40. The van der Waals surface area contributed by atoms with Gasteiger partial charge in [0.25, 0.3) is 0 Å². The van der Waals surface area contributed by atoms with Gasteiger partial charge in [-0.05, 0) is 62.1 Å². The summed E-state index contributed by atoms with van der Waals surface area (Å²) < 4.78 is 46.1. The van der Waals surface area contributed by atoms with E-state index < -0.39 is 23.9 Å². The van der Waals surface area contributed by atoms with Crippen molar-refractivity contribution >= 4 is 17.7 Å². The van der Waals surface area contributed by atoms with Crippen LogP contribution in [-0.2, 0) is 4.74 Å². The largest absolute Gasteiger partial charge is 0.443 e. The number of nitrogens with one attached hydrogen (secondary N) is 2. The highest BCUT2D eigenvalue weighted by molar-refractivity contribution is 5.85. The lowest BCUT2D eigenvalue weighted by Crippen LogP contribution is -2.50. The van der Waals surface area contributed by atoms with Crippen LogP contribution in [-0.4, -0.2) is 66.0 Å². The number of ether oxygens (including phenoxy) is 1. The molecule has 2 fully saturated rings. The molecule has 8 nitrogen and oxygen atoms in total. The summed E-state index contributed by atoms with van der Waals surface area (Å²) in [6.45, 7) is 3.29. The number of nitrogens with zero attached hydrogens (tertiary/aromatic N) is 3. The monoisotopic (exact) mass is 465 g/mol. The van der Waals surface area contributed by atoms with Crippen LogP contribution in [0.2, 0.25) is 0 Å². The standard InChI is InChI=1S/C22H26F3N5O3/c1-13-10-26-18(27-21(32)33-15-11-29(2)12-15)9-16(13)14-7-19(28-20(31)8-14)30-6-4-3-5-17(30)22(23,24)25/h7-10,15,17H,3-6,11-12H2,1-2H3,(H,28,31)(H,26,27,32)/t17-/m1/s1. The van der Waals surface area contributed by atoms with Crippen molar-refractivity contribution in [2.45, 2.75) is 44.5 Å². The number of amides is 1. The third-order valence-corrected chi connectivity index (χ3v) is 5.97. The van der Waals surface area contributed by atoms with Gasteiger partial charge in [0, 0.05) is 31.9 Å². The van der Waals surface area contributed by atoms with Crippen LogP contribution >= 0.6 is 0 Å². The first kappa shape index (κ1) is 23.1. The number of rotatable bonds is 4. The van der Waals surface area contributed by atoms with Crippen molar-refractivity contribution in [2.75, 3.05) is 36.9 Å². The maximum Gasteiger partial charge on any atom is 0.413 e. The quantitative estimate of drug-likeness (QED) is 0.718. The Morgan fingerprint density at radius 2 is 2.00 bits per heavy atom. The Labute approximate surface area is 188 Å². The first-order chi connectivity index (χ1) is 15.6. The highest BCUT2D eigenvalue weighted by Crippen LogP contribution is 2.35. The average Bonchev–Trinajstić information content (AvgIpc) is 2.73. The Bertz CT molecular complexity index is 1080.